The van der Waals surface area contributed by atoms with Gasteiger partial charge in [-0.3, -0.25) is 9.59 Å². The number of carbonyl (C=O) groups excluding carboxylic acids is 2. The molecule has 8 heteroatoms. The van der Waals surface area contributed by atoms with E-state index in [1.165, 1.54) is 12.1 Å². The van der Waals surface area contributed by atoms with E-state index in [2.05, 4.69) is 16.0 Å². The number of hydrogen-bond donors (Lipinski definition) is 3. The van der Waals surface area contributed by atoms with Crippen molar-refractivity contribution in [2.75, 3.05) is 16.0 Å². The fourth-order valence-electron chi connectivity index (χ4n) is 2.47. The molecule has 0 radical (unpaired) electrons. The number of nitrogens with one attached hydrogen (secondary N) is 3. The first-order valence-electron chi connectivity index (χ1n) is 7.46. The predicted octanol–water partition coefficient (Wildman–Crippen LogP) is 3.47. The second-order valence-electron chi connectivity index (χ2n) is 5.56. The molecule has 1 aliphatic heterocycles. The number of benzene rings is 2. The van der Waals surface area contributed by atoms with Crippen LogP contribution in [0.25, 0.3) is 0 Å². The summed E-state index contributed by atoms with van der Waals surface area (Å²) in [7, 11) is 0. The van der Waals surface area contributed by atoms with Crippen molar-refractivity contribution in [1.29, 1.82) is 0 Å². The molecule has 2 aromatic rings. The third kappa shape index (κ3) is 3.90. The number of fused-ring (bicyclic) bond motifs is 1. The Labute approximate surface area is 141 Å². The molecule has 0 saturated heterocycles. The molecule has 2 aromatic carbocycles. The Balaban J connectivity index is 1.62. The number of hydrogen-bond acceptors (Lipinski definition) is 3. The van der Waals surface area contributed by atoms with Gasteiger partial charge in [-0.05, 0) is 36.4 Å². The molecule has 25 heavy (non-hydrogen) atoms. The second kappa shape index (κ2) is 6.46. The van der Waals surface area contributed by atoms with Gasteiger partial charge in [-0.2, -0.15) is 13.2 Å². The molecule has 0 aromatic heterocycles. The van der Waals surface area contributed by atoms with Crippen LogP contribution >= 0.6 is 0 Å². The Bertz CT molecular complexity index is 804. The number of alkyl halides is 3. The van der Waals surface area contributed by atoms with E-state index < -0.39 is 23.7 Å². The summed E-state index contributed by atoms with van der Waals surface area (Å²) in [5.41, 5.74) is 0.770. The van der Waals surface area contributed by atoms with E-state index in [0.717, 1.165) is 12.1 Å². The van der Waals surface area contributed by atoms with Crippen LogP contribution in [-0.4, -0.2) is 17.9 Å². The van der Waals surface area contributed by atoms with Gasteiger partial charge in [0.05, 0.1) is 23.4 Å². The van der Waals surface area contributed by atoms with Crippen molar-refractivity contribution < 1.29 is 22.8 Å². The molecule has 3 N–H and O–H groups in total. The van der Waals surface area contributed by atoms with Crippen LogP contribution in [0.2, 0.25) is 0 Å². The van der Waals surface area contributed by atoms with E-state index >= 15 is 0 Å². The van der Waals surface area contributed by atoms with Gasteiger partial charge in [0.2, 0.25) is 11.8 Å². The molecule has 1 unspecified atom stereocenters. The summed E-state index contributed by atoms with van der Waals surface area (Å²) >= 11 is 0. The highest BCUT2D eigenvalue weighted by Gasteiger charge is 2.30. The summed E-state index contributed by atoms with van der Waals surface area (Å²) in [4.78, 5) is 24.1. The van der Waals surface area contributed by atoms with Crippen LogP contribution in [0, 0.1) is 0 Å². The quantitative estimate of drug-likeness (QED) is 0.795. The smallest absolute Gasteiger partial charge is 0.372 e. The van der Waals surface area contributed by atoms with E-state index in [9.17, 15) is 22.8 Å². The van der Waals surface area contributed by atoms with Crippen molar-refractivity contribution in [3.63, 3.8) is 0 Å². The molecule has 2 amide bonds. The molecule has 0 spiro atoms. The highest BCUT2D eigenvalue weighted by molar-refractivity contribution is 6.06. The molecule has 130 valence electrons. The zero-order chi connectivity index (χ0) is 18.0. The van der Waals surface area contributed by atoms with Crippen molar-refractivity contribution >= 4 is 28.9 Å². The van der Waals surface area contributed by atoms with E-state index in [1.54, 1.807) is 24.3 Å². The monoisotopic (exact) mass is 349 g/mol. The fraction of sp³-hybridized carbons (Fsp3) is 0.176. The molecule has 1 heterocycles. The lowest BCUT2D eigenvalue weighted by Gasteiger charge is -2.26. The second-order valence-corrected chi connectivity index (χ2v) is 5.56. The number of carbonyl (C=O) groups is 2. The van der Waals surface area contributed by atoms with Gasteiger partial charge < -0.3 is 16.0 Å². The minimum Gasteiger partial charge on any atom is -0.372 e. The number of halogens is 3. The third-order valence-corrected chi connectivity index (χ3v) is 3.72. The molecule has 5 nitrogen and oxygen atoms in total. The van der Waals surface area contributed by atoms with E-state index in [-0.39, 0.29) is 18.0 Å². The summed E-state index contributed by atoms with van der Waals surface area (Å²) < 4.78 is 37.5. The maximum atomic E-state index is 12.5. The predicted molar refractivity (Wildman–Crippen MR) is 87.2 cm³/mol. The first-order valence-corrected chi connectivity index (χ1v) is 7.46. The zero-order valence-electron chi connectivity index (χ0n) is 12.9. The van der Waals surface area contributed by atoms with Crippen molar-refractivity contribution in [3.05, 3.63) is 54.1 Å². The largest absolute Gasteiger partial charge is 0.416 e. The summed E-state index contributed by atoms with van der Waals surface area (Å²) in [6.07, 6.45) is -4.58. The van der Waals surface area contributed by atoms with Crippen LogP contribution in [0.15, 0.2) is 48.5 Å². The molecule has 1 atom stereocenters. The molecule has 1 aliphatic rings. The average Bonchev–Trinajstić information content (AvgIpc) is 2.55. The molecule has 3 rings (SSSR count). The highest BCUT2D eigenvalue weighted by atomic mass is 19.4. The lowest BCUT2D eigenvalue weighted by molar-refractivity contribution is -0.137. The SMILES string of the molecule is O=C(CC1Nc2ccccc2NC1=O)Nc1ccc(C(F)(F)F)cc1. The first-order chi connectivity index (χ1) is 11.8. The van der Waals surface area contributed by atoms with E-state index in [1.807, 2.05) is 0 Å². The van der Waals surface area contributed by atoms with Crippen LogP contribution in [-0.2, 0) is 15.8 Å². The minimum atomic E-state index is -4.43. The Kier molecular flexibility index (Phi) is 4.35. The van der Waals surface area contributed by atoms with Gasteiger partial charge in [-0.1, -0.05) is 12.1 Å². The van der Waals surface area contributed by atoms with Gasteiger partial charge in [0, 0.05) is 5.69 Å². The Hall–Kier alpha value is -3.03. The fourth-order valence-corrected chi connectivity index (χ4v) is 2.47. The lowest BCUT2D eigenvalue weighted by atomic mass is 10.1. The van der Waals surface area contributed by atoms with Gasteiger partial charge in [0.1, 0.15) is 6.04 Å². The van der Waals surface area contributed by atoms with Crippen LogP contribution in [0.3, 0.4) is 0 Å². The average molecular weight is 349 g/mol. The maximum Gasteiger partial charge on any atom is 0.416 e. The van der Waals surface area contributed by atoms with E-state index in [0.29, 0.717) is 11.4 Å². The number of amides is 2. The van der Waals surface area contributed by atoms with Crippen molar-refractivity contribution in [3.8, 4) is 0 Å². The van der Waals surface area contributed by atoms with Crippen LogP contribution in [0.1, 0.15) is 12.0 Å². The van der Waals surface area contributed by atoms with Gasteiger partial charge in [0.15, 0.2) is 0 Å². The standard InChI is InChI=1S/C17H14F3N3O2/c18-17(19,20)10-5-7-11(8-6-10)21-15(24)9-14-16(25)23-13-4-2-1-3-12(13)22-14/h1-8,14,22H,9H2,(H,21,24)(H,23,25). The summed E-state index contributed by atoms with van der Waals surface area (Å²) in [5, 5.41) is 8.15. The minimum absolute atomic E-state index is 0.152. The van der Waals surface area contributed by atoms with Crippen LogP contribution < -0.4 is 16.0 Å². The van der Waals surface area contributed by atoms with Gasteiger partial charge >= 0.3 is 6.18 Å². The summed E-state index contributed by atoms with van der Waals surface area (Å²) in [6.45, 7) is 0. The van der Waals surface area contributed by atoms with Gasteiger partial charge in [-0.25, -0.2) is 0 Å². The lowest BCUT2D eigenvalue weighted by Crippen LogP contribution is -2.41. The topological polar surface area (TPSA) is 70.2 Å². The number of para-hydroxylation sites is 2. The maximum absolute atomic E-state index is 12.5. The Morgan fingerprint density at radius 1 is 1.04 bits per heavy atom. The first kappa shape index (κ1) is 16.8. The summed E-state index contributed by atoms with van der Waals surface area (Å²) in [6, 6.07) is 10.4. The highest BCUT2D eigenvalue weighted by Crippen LogP contribution is 2.30. The third-order valence-electron chi connectivity index (χ3n) is 3.72. The zero-order valence-corrected chi connectivity index (χ0v) is 12.9. The Morgan fingerprint density at radius 3 is 2.32 bits per heavy atom. The Morgan fingerprint density at radius 2 is 1.68 bits per heavy atom. The number of anilines is 3. The summed E-state index contributed by atoms with van der Waals surface area (Å²) in [5.74, 6) is -0.826. The molecule has 0 saturated carbocycles. The molecule has 0 aliphatic carbocycles. The van der Waals surface area contributed by atoms with Crippen LogP contribution in [0.5, 0.6) is 0 Å². The normalized spacial score (nSPS) is 16.4. The van der Waals surface area contributed by atoms with Gasteiger partial charge in [0.25, 0.3) is 0 Å². The van der Waals surface area contributed by atoms with E-state index in [4.69, 9.17) is 0 Å². The van der Waals surface area contributed by atoms with Crippen molar-refractivity contribution in [1.82, 2.24) is 0 Å². The number of rotatable bonds is 3. The molecular weight excluding hydrogens is 335 g/mol. The van der Waals surface area contributed by atoms with Crippen molar-refractivity contribution in [2.45, 2.75) is 18.6 Å². The molecular formula is C17H14F3N3O2. The van der Waals surface area contributed by atoms with Crippen LogP contribution in [0.4, 0.5) is 30.2 Å². The van der Waals surface area contributed by atoms with Gasteiger partial charge in [-0.15, -0.1) is 0 Å². The molecule has 0 bridgehead atoms. The molecule has 0 fully saturated rings. The van der Waals surface area contributed by atoms with Crippen molar-refractivity contribution in [2.24, 2.45) is 0 Å².